The number of nitrogens with one attached hydrogen (secondary N) is 2. The molecule has 0 fully saturated rings. The lowest BCUT2D eigenvalue weighted by molar-refractivity contribution is -0.118. The molecule has 1 aliphatic rings. The first-order valence-corrected chi connectivity index (χ1v) is 8.27. The summed E-state index contributed by atoms with van der Waals surface area (Å²) in [7, 11) is 1.69. The summed E-state index contributed by atoms with van der Waals surface area (Å²) in [5.41, 5.74) is 1.92. The topological polar surface area (TPSA) is 76.5 Å². The smallest absolute Gasteiger partial charge is 0.268 e. The molecule has 0 unspecified atom stereocenters. The third-order valence-corrected chi connectivity index (χ3v) is 4.23. The van der Waals surface area contributed by atoms with Crippen LogP contribution in [0.15, 0.2) is 60.3 Å². The Kier molecular flexibility index (Phi) is 4.77. The highest BCUT2D eigenvalue weighted by atomic mass is 35.5. The third-order valence-electron chi connectivity index (χ3n) is 4.00. The van der Waals surface area contributed by atoms with Gasteiger partial charge in [-0.25, -0.2) is 0 Å². The molecule has 2 aromatic rings. The molecule has 2 amide bonds. The second-order valence-electron chi connectivity index (χ2n) is 5.78. The molecule has 0 bridgehead atoms. The molecule has 6 nitrogen and oxygen atoms in total. The molecule has 2 N–H and O–H groups in total. The number of carbonyl (C=O) groups is 2. The summed E-state index contributed by atoms with van der Waals surface area (Å²) in [6.07, 6.45) is 1.27. The SMILES string of the molecule is CC(=O)N/C=C1\C(=N)N(C)c2ccc(Cl)cc2N(c2ccccc2)C1=O. The minimum atomic E-state index is -0.428. The maximum Gasteiger partial charge on any atom is 0.268 e. The van der Waals surface area contributed by atoms with Crippen LogP contribution in [0, 0.1) is 5.41 Å². The average molecular weight is 369 g/mol. The van der Waals surface area contributed by atoms with E-state index in [-0.39, 0.29) is 17.3 Å². The van der Waals surface area contributed by atoms with Gasteiger partial charge in [0.25, 0.3) is 5.91 Å². The Labute approximate surface area is 156 Å². The number of likely N-dealkylation sites (N-methyl/N-ethyl adjacent to an activating group) is 1. The van der Waals surface area contributed by atoms with Gasteiger partial charge in [0.15, 0.2) is 0 Å². The van der Waals surface area contributed by atoms with Gasteiger partial charge in [-0.1, -0.05) is 29.8 Å². The normalized spacial score (nSPS) is 15.7. The van der Waals surface area contributed by atoms with Crippen LogP contribution < -0.4 is 15.1 Å². The van der Waals surface area contributed by atoms with Gasteiger partial charge in [-0.3, -0.25) is 19.9 Å². The average Bonchev–Trinajstić information content (AvgIpc) is 2.68. The number of amidine groups is 1. The van der Waals surface area contributed by atoms with Crippen LogP contribution in [0.3, 0.4) is 0 Å². The van der Waals surface area contributed by atoms with Gasteiger partial charge >= 0.3 is 0 Å². The second-order valence-corrected chi connectivity index (χ2v) is 6.21. The summed E-state index contributed by atoms with van der Waals surface area (Å²) in [5.74, 6) is -0.773. The van der Waals surface area contributed by atoms with E-state index in [4.69, 9.17) is 17.0 Å². The van der Waals surface area contributed by atoms with Gasteiger partial charge in [0.05, 0.1) is 16.9 Å². The van der Waals surface area contributed by atoms with Crippen LogP contribution in [0.5, 0.6) is 0 Å². The maximum atomic E-state index is 13.3. The lowest BCUT2D eigenvalue weighted by Gasteiger charge is -2.24. The van der Waals surface area contributed by atoms with E-state index < -0.39 is 5.91 Å². The van der Waals surface area contributed by atoms with E-state index in [9.17, 15) is 9.59 Å². The molecule has 0 radical (unpaired) electrons. The van der Waals surface area contributed by atoms with Crippen molar-refractivity contribution >= 4 is 46.3 Å². The zero-order valence-corrected chi connectivity index (χ0v) is 15.0. The molecule has 26 heavy (non-hydrogen) atoms. The largest absolute Gasteiger partial charge is 0.332 e. The summed E-state index contributed by atoms with van der Waals surface area (Å²) in [4.78, 5) is 27.7. The molecule has 0 aromatic heterocycles. The molecule has 1 aliphatic heterocycles. The minimum absolute atomic E-state index is 0.0225. The molecule has 3 rings (SSSR count). The Morgan fingerprint density at radius 2 is 1.85 bits per heavy atom. The summed E-state index contributed by atoms with van der Waals surface area (Å²) in [5, 5.41) is 11.4. The first kappa shape index (κ1) is 17.7. The van der Waals surface area contributed by atoms with Crippen LogP contribution >= 0.6 is 11.6 Å². The highest BCUT2D eigenvalue weighted by molar-refractivity contribution is 6.35. The summed E-state index contributed by atoms with van der Waals surface area (Å²) in [6.45, 7) is 1.34. The number of anilines is 3. The van der Waals surface area contributed by atoms with Gasteiger partial charge in [-0.2, -0.15) is 0 Å². The molecule has 0 saturated carbocycles. The van der Waals surface area contributed by atoms with Crippen molar-refractivity contribution in [2.24, 2.45) is 0 Å². The molecule has 2 aromatic carbocycles. The zero-order valence-electron chi connectivity index (χ0n) is 14.3. The van der Waals surface area contributed by atoms with Gasteiger partial charge in [-0.05, 0) is 30.3 Å². The monoisotopic (exact) mass is 368 g/mol. The Morgan fingerprint density at radius 3 is 2.50 bits per heavy atom. The lowest BCUT2D eigenvalue weighted by Crippen LogP contribution is -2.33. The van der Waals surface area contributed by atoms with E-state index in [0.717, 1.165) is 0 Å². The number of hydrogen-bond donors (Lipinski definition) is 2. The molecule has 0 aliphatic carbocycles. The first-order valence-electron chi connectivity index (χ1n) is 7.89. The van der Waals surface area contributed by atoms with E-state index in [1.165, 1.54) is 18.0 Å². The predicted molar refractivity (Wildman–Crippen MR) is 103 cm³/mol. The number of nitrogens with zero attached hydrogens (tertiary/aromatic N) is 2. The Morgan fingerprint density at radius 1 is 1.15 bits per heavy atom. The number of hydrogen-bond acceptors (Lipinski definition) is 3. The molecule has 1 heterocycles. The zero-order chi connectivity index (χ0) is 18.8. The molecule has 7 heteroatoms. The highest BCUT2D eigenvalue weighted by Gasteiger charge is 2.33. The third kappa shape index (κ3) is 3.19. The number of halogens is 1. The molecular formula is C19H17ClN4O2. The van der Waals surface area contributed by atoms with E-state index in [1.54, 1.807) is 42.3 Å². The van der Waals surface area contributed by atoms with Crippen molar-refractivity contribution in [2.75, 3.05) is 16.8 Å². The number of benzene rings is 2. The maximum absolute atomic E-state index is 13.3. The quantitative estimate of drug-likeness (QED) is 0.797. The van der Waals surface area contributed by atoms with E-state index >= 15 is 0 Å². The molecule has 132 valence electrons. The number of fused-ring (bicyclic) bond motifs is 1. The number of rotatable bonds is 2. The van der Waals surface area contributed by atoms with Crippen LogP contribution in [0.1, 0.15) is 6.92 Å². The molecule has 0 saturated heterocycles. The summed E-state index contributed by atoms with van der Waals surface area (Å²) >= 11 is 6.17. The fraction of sp³-hybridized carbons (Fsp3) is 0.105. The fourth-order valence-corrected chi connectivity index (χ4v) is 2.90. The number of carbonyl (C=O) groups excluding carboxylic acids is 2. The van der Waals surface area contributed by atoms with Gasteiger partial charge < -0.3 is 10.2 Å². The van der Waals surface area contributed by atoms with E-state index in [2.05, 4.69) is 5.32 Å². The van der Waals surface area contributed by atoms with Crippen molar-refractivity contribution < 1.29 is 9.59 Å². The van der Waals surface area contributed by atoms with Crippen molar-refractivity contribution in [2.45, 2.75) is 6.92 Å². The molecular weight excluding hydrogens is 352 g/mol. The van der Waals surface area contributed by atoms with Crippen LogP contribution in [0.25, 0.3) is 0 Å². The van der Waals surface area contributed by atoms with Crippen molar-refractivity contribution in [1.82, 2.24) is 5.32 Å². The first-order chi connectivity index (χ1) is 12.4. The predicted octanol–water partition coefficient (Wildman–Crippen LogP) is 3.45. The van der Waals surface area contributed by atoms with E-state index in [0.29, 0.717) is 22.1 Å². The van der Waals surface area contributed by atoms with Crippen LogP contribution in [-0.4, -0.2) is 24.7 Å². The van der Waals surface area contributed by atoms with Crippen molar-refractivity contribution in [1.29, 1.82) is 5.41 Å². The van der Waals surface area contributed by atoms with E-state index in [1.807, 2.05) is 18.2 Å². The number of amides is 2. The Bertz CT molecular complexity index is 924. The van der Waals surface area contributed by atoms with Gasteiger partial charge in [0.1, 0.15) is 5.84 Å². The molecule has 0 atom stereocenters. The Balaban J connectivity index is 2.25. The van der Waals surface area contributed by atoms with Gasteiger partial charge in [0.2, 0.25) is 5.91 Å². The van der Waals surface area contributed by atoms with Crippen LogP contribution in [0.4, 0.5) is 17.1 Å². The van der Waals surface area contributed by atoms with Gasteiger partial charge in [0, 0.05) is 30.9 Å². The van der Waals surface area contributed by atoms with Gasteiger partial charge in [-0.15, -0.1) is 0 Å². The summed E-state index contributed by atoms with van der Waals surface area (Å²) < 4.78 is 0. The lowest BCUT2D eigenvalue weighted by atomic mass is 10.2. The van der Waals surface area contributed by atoms with Crippen molar-refractivity contribution in [3.05, 3.63) is 65.3 Å². The van der Waals surface area contributed by atoms with Crippen LogP contribution in [0.2, 0.25) is 5.02 Å². The fourth-order valence-electron chi connectivity index (χ4n) is 2.73. The van der Waals surface area contributed by atoms with Crippen LogP contribution in [-0.2, 0) is 9.59 Å². The second kappa shape index (κ2) is 7.01. The standard InChI is InChI=1S/C19H17ClN4O2/c1-12(25)22-11-15-18(21)23(2)16-9-8-13(20)10-17(16)24(19(15)26)14-6-4-3-5-7-14/h3-11,21H,1-2H3,(H,22,25)/b15-11+,21-18?. The summed E-state index contributed by atoms with van der Waals surface area (Å²) in [6, 6.07) is 14.3. The van der Waals surface area contributed by atoms with Crippen molar-refractivity contribution in [3.8, 4) is 0 Å². The minimum Gasteiger partial charge on any atom is -0.332 e. The highest BCUT2D eigenvalue weighted by Crippen LogP contribution is 2.40. The van der Waals surface area contributed by atoms with Crippen molar-refractivity contribution in [3.63, 3.8) is 0 Å². The number of para-hydroxylation sites is 1. The Hall–Kier alpha value is -3.12. The molecule has 0 spiro atoms.